The first-order valence-electron chi connectivity index (χ1n) is 13.9. The summed E-state index contributed by atoms with van der Waals surface area (Å²) in [4.78, 5) is 14.3. The van der Waals surface area contributed by atoms with Crippen molar-refractivity contribution in [2.75, 3.05) is 26.7 Å². The fourth-order valence-electron chi connectivity index (χ4n) is 4.86. The van der Waals surface area contributed by atoms with E-state index in [0.717, 1.165) is 61.6 Å². The van der Waals surface area contributed by atoms with E-state index in [2.05, 4.69) is 109 Å². The summed E-state index contributed by atoms with van der Waals surface area (Å²) in [5.41, 5.74) is 10.8. The zero-order valence-electron chi connectivity index (χ0n) is 24.0. The van der Waals surface area contributed by atoms with Crippen LogP contribution in [0.2, 0.25) is 0 Å². The van der Waals surface area contributed by atoms with Crippen LogP contribution >= 0.6 is 23.5 Å². The molecule has 3 aromatic carbocycles. The Labute approximate surface area is 247 Å². The fourth-order valence-corrected chi connectivity index (χ4v) is 6.64. The lowest BCUT2D eigenvalue weighted by molar-refractivity contribution is 0.258. The standard InChI is InChI=1S/C32H40N6S2/c1-23-9-11-25(3)29(13-23)15-37-19-33-31(34-20-37)39-17-27-7-5-6-8-28(27)18-40-32-35-21-38(22-36-32)16-30-14-24(2)10-12-26(30)4/h5-14H,15-22H2,1-4H3,(H,33,34)(H,35,36). The summed E-state index contributed by atoms with van der Waals surface area (Å²) in [6, 6.07) is 22.1. The van der Waals surface area contributed by atoms with Crippen LogP contribution in [0.1, 0.15) is 44.5 Å². The predicted molar refractivity (Wildman–Crippen MR) is 173 cm³/mol. The van der Waals surface area contributed by atoms with Crippen molar-refractivity contribution in [1.82, 2.24) is 20.4 Å². The number of thioether (sulfide) groups is 2. The molecule has 5 rings (SSSR count). The topological polar surface area (TPSA) is 55.3 Å². The van der Waals surface area contributed by atoms with Gasteiger partial charge in [0.1, 0.15) is 0 Å². The predicted octanol–water partition coefficient (Wildman–Crippen LogP) is 6.14. The van der Waals surface area contributed by atoms with Gasteiger partial charge in [-0.1, -0.05) is 95.3 Å². The van der Waals surface area contributed by atoms with E-state index in [-0.39, 0.29) is 0 Å². The number of hydrogen-bond donors (Lipinski definition) is 2. The zero-order chi connectivity index (χ0) is 27.9. The lowest BCUT2D eigenvalue weighted by Crippen LogP contribution is -2.41. The van der Waals surface area contributed by atoms with Crippen LogP contribution in [0.4, 0.5) is 0 Å². The molecule has 0 aromatic heterocycles. The molecule has 210 valence electrons. The minimum Gasteiger partial charge on any atom is -0.352 e. The van der Waals surface area contributed by atoms with Crippen molar-refractivity contribution in [3.05, 3.63) is 105 Å². The van der Waals surface area contributed by atoms with Gasteiger partial charge in [-0.25, -0.2) is 9.98 Å². The van der Waals surface area contributed by atoms with Crippen molar-refractivity contribution >= 4 is 33.9 Å². The van der Waals surface area contributed by atoms with Crippen molar-refractivity contribution in [3.8, 4) is 0 Å². The average molecular weight is 573 g/mol. The highest BCUT2D eigenvalue weighted by Crippen LogP contribution is 2.24. The minimum atomic E-state index is 0.728. The molecule has 0 radical (unpaired) electrons. The molecular formula is C32H40N6S2. The minimum absolute atomic E-state index is 0.728. The maximum atomic E-state index is 4.83. The number of nitrogens with one attached hydrogen (secondary N) is 2. The molecule has 2 aliphatic rings. The summed E-state index contributed by atoms with van der Waals surface area (Å²) < 4.78 is 0. The maximum absolute atomic E-state index is 4.83. The normalized spacial score (nSPS) is 16.2. The van der Waals surface area contributed by atoms with Crippen LogP contribution in [0.15, 0.2) is 70.6 Å². The Bertz CT molecular complexity index is 1280. The van der Waals surface area contributed by atoms with E-state index in [9.17, 15) is 0 Å². The van der Waals surface area contributed by atoms with E-state index >= 15 is 0 Å². The SMILES string of the molecule is Cc1ccc(C)c(CN2CN=C(SCc3ccccc3CSC3=NCN(Cc4cc(C)ccc4C)CN3)NC2)c1. The Balaban J connectivity index is 1.09. The van der Waals surface area contributed by atoms with E-state index in [4.69, 9.17) is 9.98 Å². The number of aliphatic imine (C=N–C) groups is 2. The molecule has 2 N–H and O–H groups in total. The van der Waals surface area contributed by atoms with Crippen LogP contribution in [0.25, 0.3) is 0 Å². The Morgan fingerprint density at radius 2 is 1.07 bits per heavy atom. The number of aryl methyl sites for hydroxylation is 4. The number of rotatable bonds is 8. The third kappa shape index (κ3) is 7.91. The monoisotopic (exact) mass is 572 g/mol. The number of amidine groups is 2. The van der Waals surface area contributed by atoms with Gasteiger partial charge in [0.15, 0.2) is 10.3 Å². The van der Waals surface area contributed by atoms with E-state index in [1.54, 1.807) is 23.5 Å². The summed E-state index contributed by atoms with van der Waals surface area (Å²) in [6.07, 6.45) is 0. The molecule has 0 aliphatic carbocycles. The van der Waals surface area contributed by atoms with Crippen LogP contribution in [-0.2, 0) is 24.6 Å². The Morgan fingerprint density at radius 1 is 0.625 bits per heavy atom. The molecular weight excluding hydrogens is 533 g/mol. The summed E-state index contributed by atoms with van der Waals surface area (Å²) in [6.45, 7) is 13.6. The summed E-state index contributed by atoms with van der Waals surface area (Å²) >= 11 is 3.59. The largest absolute Gasteiger partial charge is 0.352 e. The molecule has 0 spiro atoms. The highest BCUT2D eigenvalue weighted by molar-refractivity contribution is 8.13. The van der Waals surface area contributed by atoms with E-state index < -0.39 is 0 Å². The van der Waals surface area contributed by atoms with Crippen LogP contribution in [-0.4, -0.2) is 46.8 Å². The molecule has 0 saturated heterocycles. The molecule has 0 amide bonds. The molecule has 2 aliphatic heterocycles. The molecule has 0 atom stereocenters. The van der Waals surface area contributed by atoms with Crippen molar-refractivity contribution in [1.29, 1.82) is 0 Å². The summed E-state index contributed by atoms with van der Waals surface area (Å²) in [5, 5.41) is 9.11. The van der Waals surface area contributed by atoms with Gasteiger partial charge in [-0.15, -0.1) is 0 Å². The highest BCUT2D eigenvalue weighted by atomic mass is 32.2. The van der Waals surface area contributed by atoms with Gasteiger partial charge in [-0.05, 0) is 61.1 Å². The molecule has 0 bridgehead atoms. The molecule has 0 unspecified atom stereocenters. The lowest BCUT2D eigenvalue weighted by Gasteiger charge is -2.27. The maximum Gasteiger partial charge on any atom is 0.159 e. The first-order chi connectivity index (χ1) is 19.4. The van der Waals surface area contributed by atoms with Crippen LogP contribution in [0.3, 0.4) is 0 Å². The molecule has 3 aromatic rings. The first-order valence-corrected chi connectivity index (χ1v) is 15.9. The number of nitrogens with zero attached hydrogens (tertiary/aromatic N) is 4. The lowest BCUT2D eigenvalue weighted by atomic mass is 10.1. The third-order valence-electron chi connectivity index (χ3n) is 7.38. The Morgan fingerprint density at radius 3 is 1.48 bits per heavy atom. The molecule has 2 heterocycles. The Kier molecular flexibility index (Phi) is 9.86. The Hall–Kier alpha value is -2.78. The zero-order valence-corrected chi connectivity index (χ0v) is 25.7. The third-order valence-corrected chi connectivity index (χ3v) is 9.39. The van der Waals surface area contributed by atoms with Crippen molar-refractivity contribution in [2.45, 2.75) is 52.3 Å². The number of hydrogen-bond acceptors (Lipinski definition) is 8. The fraction of sp³-hybridized carbons (Fsp3) is 0.375. The second-order valence-corrected chi connectivity index (χ2v) is 12.7. The van der Waals surface area contributed by atoms with Gasteiger partial charge in [0.05, 0.1) is 26.7 Å². The van der Waals surface area contributed by atoms with Gasteiger partial charge >= 0.3 is 0 Å². The highest BCUT2D eigenvalue weighted by Gasteiger charge is 2.16. The second kappa shape index (κ2) is 13.7. The first kappa shape index (κ1) is 28.7. The molecule has 8 heteroatoms. The summed E-state index contributed by atoms with van der Waals surface area (Å²) in [5.74, 6) is 1.81. The molecule has 40 heavy (non-hydrogen) atoms. The smallest absolute Gasteiger partial charge is 0.159 e. The van der Waals surface area contributed by atoms with Gasteiger partial charge in [-0.3, -0.25) is 9.80 Å². The van der Waals surface area contributed by atoms with Gasteiger partial charge < -0.3 is 10.6 Å². The van der Waals surface area contributed by atoms with Crippen molar-refractivity contribution in [2.24, 2.45) is 9.98 Å². The van der Waals surface area contributed by atoms with Gasteiger partial charge in [0.25, 0.3) is 0 Å². The van der Waals surface area contributed by atoms with E-state index in [0.29, 0.717) is 0 Å². The molecule has 0 saturated carbocycles. The van der Waals surface area contributed by atoms with Crippen LogP contribution in [0.5, 0.6) is 0 Å². The van der Waals surface area contributed by atoms with Gasteiger partial charge in [0.2, 0.25) is 0 Å². The van der Waals surface area contributed by atoms with Crippen LogP contribution < -0.4 is 10.6 Å². The summed E-state index contributed by atoms with van der Waals surface area (Å²) in [7, 11) is 0. The van der Waals surface area contributed by atoms with Gasteiger partial charge in [-0.2, -0.15) is 0 Å². The van der Waals surface area contributed by atoms with Gasteiger partial charge in [0, 0.05) is 24.6 Å². The quantitative estimate of drug-likeness (QED) is 0.338. The molecule has 6 nitrogen and oxygen atoms in total. The van der Waals surface area contributed by atoms with Crippen LogP contribution in [0, 0.1) is 27.7 Å². The van der Waals surface area contributed by atoms with E-state index in [1.165, 1.54) is 44.5 Å². The molecule has 0 fully saturated rings. The van der Waals surface area contributed by atoms with Crippen molar-refractivity contribution in [3.63, 3.8) is 0 Å². The van der Waals surface area contributed by atoms with E-state index in [1.807, 2.05) is 0 Å². The average Bonchev–Trinajstić information content (AvgIpc) is 2.96. The second-order valence-electron chi connectivity index (χ2n) is 10.7. The van der Waals surface area contributed by atoms with Crippen molar-refractivity contribution < 1.29 is 0 Å². The number of benzene rings is 3.